The van der Waals surface area contributed by atoms with Crippen LogP contribution in [0.3, 0.4) is 0 Å². The number of benzene rings is 2. The van der Waals surface area contributed by atoms with Gasteiger partial charge in [-0.2, -0.15) is 5.26 Å². The van der Waals surface area contributed by atoms with Crippen LogP contribution in [0.4, 0.5) is 0 Å². The number of fused-ring (bicyclic) bond motifs is 1. The molecule has 6 nitrogen and oxygen atoms in total. The Morgan fingerprint density at radius 3 is 2.53 bits per heavy atom. The monoisotopic (exact) mass is 436 g/mol. The molecule has 32 heavy (non-hydrogen) atoms. The number of aliphatic hydroxyl groups is 1. The maximum absolute atomic E-state index is 10.9. The van der Waals surface area contributed by atoms with Crippen molar-refractivity contribution in [3.63, 3.8) is 0 Å². The van der Waals surface area contributed by atoms with Gasteiger partial charge in [0.1, 0.15) is 24.5 Å². The van der Waals surface area contributed by atoms with Crippen LogP contribution in [-0.2, 0) is 24.1 Å². The lowest BCUT2D eigenvalue weighted by atomic mass is 9.88. The predicted octanol–water partition coefficient (Wildman–Crippen LogP) is 3.49. The van der Waals surface area contributed by atoms with E-state index in [-0.39, 0.29) is 25.0 Å². The van der Waals surface area contributed by atoms with E-state index >= 15 is 0 Å². The molecule has 2 aromatic rings. The largest absolute Gasteiger partial charge is 0.489 e. The van der Waals surface area contributed by atoms with Crippen LogP contribution in [0.5, 0.6) is 5.75 Å². The molecular weight excluding hydrogens is 404 g/mol. The number of aryl methyl sites for hydroxylation is 1. The molecule has 0 aliphatic heterocycles. The van der Waals surface area contributed by atoms with Crippen LogP contribution in [-0.4, -0.2) is 41.0 Å². The van der Waals surface area contributed by atoms with Gasteiger partial charge in [0, 0.05) is 18.5 Å². The maximum atomic E-state index is 10.9. The molecule has 170 valence electrons. The summed E-state index contributed by atoms with van der Waals surface area (Å²) in [6.07, 6.45) is 2.66. The minimum Gasteiger partial charge on any atom is -0.489 e. The highest BCUT2D eigenvalue weighted by molar-refractivity contribution is 5.67. The molecule has 0 bridgehead atoms. The van der Waals surface area contributed by atoms with Crippen molar-refractivity contribution in [3.05, 3.63) is 64.7 Å². The lowest BCUT2D eigenvalue weighted by Gasteiger charge is -2.30. The zero-order valence-electron chi connectivity index (χ0n) is 18.8. The fourth-order valence-corrected chi connectivity index (χ4v) is 4.50. The topological polar surface area (TPSA) is 103 Å². The summed E-state index contributed by atoms with van der Waals surface area (Å²) in [7, 11) is 0. The second kappa shape index (κ2) is 10.6. The number of carbonyl (C=O) groups is 1. The molecule has 1 aliphatic carbocycles. The van der Waals surface area contributed by atoms with Crippen LogP contribution in [0.25, 0.3) is 0 Å². The third kappa shape index (κ3) is 6.56. The number of aliphatic hydroxyl groups excluding tert-OH is 1. The number of hydrogen-bond donors (Lipinski definition) is 3. The Morgan fingerprint density at radius 2 is 1.91 bits per heavy atom. The normalized spacial score (nSPS) is 14.6. The van der Waals surface area contributed by atoms with E-state index in [1.807, 2.05) is 0 Å². The molecule has 0 heterocycles. The van der Waals surface area contributed by atoms with E-state index in [4.69, 9.17) is 9.84 Å². The Hall–Kier alpha value is -2.88. The van der Waals surface area contributed by atoms with E-state index in [1.165, 1.54) is 11.1 Å². The average Bonchev–Trinajstić information content (AvgIpc) is 3.16. The van der Waals surface area contributed by atoms with E-state index in [9.17, 15) is 15.2 Å². The molecule has 0 aromatic heterocycles. The number of rotatable bonds is 11. The van der Waals surface area contributed by atoms with Crippen LogP contribution < -0.4 is 10.1 Å². The molecule has 0 amide bonds. The molecule has 0 spiro atoms. The van der Waals surface area contributed by atoms with Gasteiger partial charge in [0.2, 0.25) is 0 Å². The van der Waals surface area contributed by atoms with Crippen molar-refractivity contribution in [2.45, 2.75) is 57.6 Å². The molecule has 0 saturated carbocycles. The highest BCUT2D eigenvalue weighted by Gasteiger charge is 2.28. The molecule has 6 heteroatoms. The standard InChI is InChI=1S/C26H32N2O4/c1-26(2,14-18-12-20-6-3-4-7-21(20)13-18)28-16-23(29)17-32-25-19(10-11-24(30)31)8-5-9-22(25)15-27/h3-9,18,23,28-29H,10-14,16-17H2,1-2H3,(H,30,31). The van der Waals surface area contributed by atoms with E-state index in [0.717, 1.165) is 19.3 Å². The molecule has 0 fully saturated rings. The summed E-state index contributed by atoms with van der Waals surface area (Å²) in [5, 5.41) is 32.3. The molecule has 1 aliphatic rings. The van der Waals surface area contributed by atoms with Gasteiger partial charge in [-0.05, 0) is 68.2 Å². The van der Waals surface area contributed by atoms with Crippen molar-refractivity contribution in [3.8, 4) is 11.8 Å². The van der Waals surface area contributed by atoms with Crippen molar-refractivity contribution in [1.82, 2.24) is 5.32 Å². The molecule has 3 rings (SSSR count). The van der Waals surface area contributed by atoms with Gasteiger partial charge < -0.3 is 20.3 Å². The lowest BCUT2D eigenvalue weighted by molar-refractivity contribution is -0.136. The number of hydrogen-bond acceptors (Lipinski definition) is 5. The first-order chi connectivity index (χ1) is 15.3. The van der Waals surface area contributed by atoms with Crippen molar-refractivity contribution < 1.29 is 19.7 Å². The number of aliphatic carboxylic acids is 1. The molecule has 1 atom stereocenters. The number of ether oxygens (including phenoxy) is 1. The summed E-state index contributed by atoms with van der Waals surface area (Å²) in [4.78, 5) is 10.9. The Labute approximate surface area is 189 Å². The zero-order chi connectivity index (χ0) is 23.1. The first-order valence-electron chi connectivity index (χ1n) is 11.1. The Bertz CT molecular complexity index is 955. The van der Waals surface area contributed by atoms with Crippen LogP contribution in [0.2, 0.25) is 0 Å². The number of para-hydroxylation sites is 1. The minimum absolute atomic E-state index is 0.0245. The lowest BCUT2D eigenvalue weighted by Crippen LogP contribution is -2.46. The quantitative estimate of drug-likeness (QED) is 0.498. The number of nitrogens with zero attached hydrogens (tertiary/aromatic N) is 1. The van der Waals surface area contributed by atoms with Crippen LogP contribution >= 0.6 is 0 Å². The van der Waals surface area contributed by atoms with Crippen LogP contribution in [0, 0.1) is 17.2 Å². The van der Waals surface area contributed by atoms with Gasteiger partial charge in [0.15, 0.2) is 0 Å². The number of nitriles is 1. The summed E-state index contributed by atoms with van der Waals surface area (Å²) in [5.74, 6) is 0.0380. The number of carboxylic acids is 1. The average molecular weight is 437 g/mol. The Morgan fingerprint density at radius 1 is 1.22 bits per heavy atom. The fraction of sp³-hybridized carbons (Fsp3) is 0.462. The number of β-amino-alcohol motifs (C(OH)–C–C–N with tert-alkyl or cyclic N) is 1. The Balaban J connectivity index is 1.50. The highest BCUT2D eigenvalue weighted by atomic mass is 16.5. The smallest absolute Gasteiger partial charge is 0.303 e. The second-order valence-corrected chi connectivity index (χ2v) is 9.28. The third-order valence-electron chi connectivity index (χ3n) is 6.00. The van der Waals surface area contributed by atoms with Gasteiger partial charge in [-0.25, -0.2) is 0 Å². The first kappa shape index (κ1) is 23.8. The number of nitrogens with one attached hydrogen (secondary N) is 1. The molecule has 0 radical (unpaired) electrons. The molecule has 0 saturated heterocycles. The number of carboxylic acid groups (broad SMARTS) is 1. The summed E-state index contributed by atoms with van der Waals surface area (Å²) < 4.78 is 5.79. The van der Waals surface area contributed by atoms with Crippen LogP contribution in [0.1, 0.15) is 48.9 Å². The maximum Gasteiger partial charge on any atom is 0.303 e. The van der Waals surface area contributed by atoms with Gasteiger partial charge in [-0.15, -0.1) is 0 Å². The summed E-state index contributed by atoms with van der Waals surface area (Å²) in [6.45, 7) is 4.69. The fourth-order valence-electron chi connectivity index (χ4n) is 4.50. The Kier molecular flexibility index (Phi) is 7.89. The van der Waals surface area contributed by atoms with E-state index in [1.54, 1.807) is 18.2 Å². The first-order valence-corrected chi connectivity index (χ1v) is 11.1. The third-order valence-corrected chi connectivity index (χ3v) is 6.00. The van der Waals surface area contributed by atoms with Crippen molar-refractivity contribution in [2.75, 3.05) is 13.2 Å². The second-order valence-electron chi connectivity index (χ2n) is 9.28. The minimum atomic E-state index is -0.907. The van der Waals surface area contributed by atoms with Gasteiger partial charge in [0.25, 0.3) is 0 Å². The SMILES string of the molecule is CC(C)(CC1Cc2ccccc2C1)NCC(O)COc1c(C#N)cccc1CCC(=O)O. The van der Waals surface area contributed by atoms with Crippen LogP contribution in [0.15, 0.2) is 42.5 Å². The van der Waals surface area contributed by atoms with Gasteiger partial charge >= 0.3 is 5.97 Å². The highest BCUT2D eigenvalue weighted by Crippen LogP contribution is 2.32. The molecule has 2 aromatic carbocycles. The van der Waals surface area contributed by atoms with Gasteiger partial charge in [-0.1, -0.05) is 36.4 Å². The van der Waals surface area contributed by atoms with E-state index < -0.39 is 12.1 Å². The molecule has 3 N–H and O–H groups in total. The summed E-state index contributed by atoms with van der Waals surface area (Å²) >= 11 is 0. The van der Waals surface area contributed by atoms with E-state index in [2.05, 4.69) is 49.5 Å². The van der Waals surface area contributed by atoms with E-state index in [0.29, 0.717) is 29.3 Å². The zero-order valence-corrected chi connectivity index (χ0v) is 18.8. The molecular formula is C26H32N2O4. The summed E-state index contributed by atoms with van der Waals surface area (Å²) in [5.41, 5.74) is 3.75. The molecule has 1 unspecified atom stereocenters. The van der Waals surface area contributed by atoms with Gasteiger partial charge in [-0.3, -0.25) is 4.79 Å². The summed E-state index contributed by atoms with van der Waals surface area (Å²) in [6, 6.07) is 15.8. The van der Waals surface area contributed by atoms with Gasteiger partial charge in [0.05, 0.1) is 5.56 Å². The van der Waals surface area contributed by atoms with Crippen molar-refractivity contribution in [1.29, 1.82) is 5.26 Å². The van der Waals surface area contributed by atoms with Crippen molar-refractivity contribution >= 4 is 5.97 Å². The van der Waals surface area contributed by atoms with Crippen molar-refractivity contribution in [2.24, 2.45) is 5.92 Å². The predicted molar refractivity (Wildman–Crippen MR) is 123 cm³/mol.